The first-order valence-corrected chi connectivity index (χ1v) is 16.4. The second-order valence-corrected chi connectivity index (χ2v) is 13.4. The number of alkyl halides is 3. The van der Waals surface area contributed by atoms with Gasteiger partial charge in [0.25, 0.3) is 5.91 Å². The van der Waals surface area contributed by atoms with Gasteiger partial charge in [-0.3, -0.25) is 9.78 Å². The highest BCUT2D eigenvalue weighted by Gasteiger charge is 2.33. The molecule has 2 aliphatic rings. The van der Waals surface area contributed by atoms with Crippen LogP contribution >= 0.6 is 0 Å². The van der Waals surface area contributed by atoms with E-state index in [9.17, 15) is 26.4 Å². The van der Waals surface area contributed by atoms with Gasteiger partial charge in [-0.05, 0) is 86.6 Å². The van der Waals surface area contributed by atoms with Gasteiger partial charge in [-0.1, -0.05) is 36.4 Å². The Hall–Kier alpha value is -3.70. The molecular weight excluding hydrogens is 589 g/mol. The summed E-state index contributed by atoms with van der Waals surface area (Å²) in [5.74, 6) is -0.578. The Balaban J connectivity index is 1.21. The van der Waals surface area contributed by atoms with Crippen LogP contribution in [0.15, 0.2) is 60.7 Å². The number of hydrogen-bond acceptors (Lipinski definition) is 5. The van der Waals surface area contributed by atoms with Crippen molar-refractivity contribution in [3.05, 3.63) is 99.9 Å². The first kappa shape index (κ1) is 31.7. The lowest BCUT2D eigenvalue weighted by molar-refractivity contribution is -0.137. The van der Waals surface area contributed by atoms with Gasteiger partial charge in [-0.25, -0.2) is 13.1 Å². The normalized spacial score (nSPS) is 17.7. The molecule has 1 aromatic heterocycles. The summed E-state index contributed by atoms with van der Waals surface area (Å²) >= 11 is 0. The Kier molecular flexibility index (Phi) is 9.17. The molecule has 1 N–H and O–H groups in total. The van der Waals surface area contributed by atoms with Crippen molar-refractivity contribution in [1.29, 1.82) is 0 Å². The van der Waals surface area contributed by atoms with Crippen LogP contribution in [-0.2, 0) is 22.6 Å². The van der Waals surface area contributed by atoms with Gasteiger partial charge in [0.15, 0.2) is 0 Å². The van der Waals surface area contributed by atoms with Crippen molar-refractivity contribution in [2.75, 3.05) is 30.8 Å². The average Bonchev–Trinajstić information content (AvgIpc) is 3.36. The number of aryl methyl sites for hydroxylation is 3. The summed E-state index contributed by atoms with van der Waals surface area (Å²) in [7, 11) is -2.03. The largest absolute Gasteiger partial charge is 0.416 e. The van der Waals surface area contributed by atoms with Crippen LogP contribution in [0.4, 0.5) is 18.9 Å². The molecule has 1 saturated heterocycles. The third-order valence-electron chi connectivity index (χ3n) is 8.44. The van der Waals surface area contributed by atoms with E-state index in [0.717, 1.165) is 60.2 Å². The summed E-state index contributed by atoms with van der Waals surface area (Å²) < 4.78 is 68.3. The SMILES string of the molecule is Cc1cc(N2CCC(N(C)C(=O)c3ccc4c(c3)C(NS(=O)(=O)CC=Cc3ccccc3C(F)(F)F)CC4)CC2)cc(C)n1. The maximum Gasteiger partial charge on any atom is 0.416 e. The number of fused-ring (bicyclic) bond motifs is 1. The fourth-order valence-electron chi connectivity index (χ4n) is 6.20. The molecule has 3 aromatic rings. The van der Waals surface area contributed by atoms with Crippen LogP contribution in [-0.4, -0.2) is 56.1 Å². The molecule has 1 fully saturated rings. The highest BCUT2D eigenvalue weighted by atomic mass is 32.2. The lowest BCUT2D eigenvalue weighted by atomic mass is 10.00. The van der Waals surface area contributed by atoms with Crippen molar-refractivity contribution < 1.29 is 26.4 Å². The number of carbonyl (C=O) groups excluding carboxylic acids is 1. The number of hydrogen-bond donors (Lipinski definition) is 1. The zero-order valence-corrected chi connectivity index (χ0v) is 25.9. The second kappa shape index (κ2) is 12.7. The molecule has 0 saturated carbocycles. The summed E-state index contributed by atoms with van der Waals surface area (Å²) in [4.78, 5) is 22.1. The number of piperidine rings is 1. The molecule has 0 spiro atoms. The van der Waals surface area contributed by atoms with E-state index in [1.165, 1.54) is 30.4 Å². The number of nitrogens with zero attached hydrogens (tertiary/aromatic N) is 3. The van der Waals surface area contributed by atoms with E-state index in [1.54, 1.807) is 17.0 Å². The van der Waals surface area contributed by atoms with Crippen molar-refractivity contribution in [2.24, 2.45) is 0 Å². The number of rotatable bonds is 8. The summed E-state index contributed by atoms with van der Waals surface area (Å²) in [6.07, 6.45) is 0.725. The summed E-state index contributed by atoms with van der Waals surface area (Å²) in [5, 5.41) is 0. The van der Waals surface area contributed by atoms with Crippen LogP contribution in [0.2, 0.25) is 0 Å². The summed E-state index contributed by atoms with van der Waals surface area (Å²) in [6, 6.07) is 14.2. The molecule has 2 heterocycles. The smallest absolute Gasteiger partial charge is 0.371 e. The molecule has 44 heavy (non-hydrogen) atoms. The number of halogens is 3. The van der Waals surface area contributed by atoms with E-state index in [0.29, 0.717) is 18.4 Å². The van der Waals surface area contributed by atoms with Crippen molar-refractivity contribution in [3.8, 4) is 0 Å². The third-order valence-corrected chi connectivity index (χ3v) is 9.71. The summed E-state index contributed by atoms with van der Waals surface area (Å²) in [6.45, 7) is 5.63. The lowest BCUT2D eigenvalue weighted by Crippen LogP contribution is -2.45. The molecule has 0 radical (unpaired) electrons. The Morgan fingerprint density at radius 1 is 1.05 bits per heavy atom. The Morgan fingerprint density at radius 3 is 2.41 bits per heavy atom. The molecule has 7 nitrogen and oxygen atoms in total. The van der Waals surface area contributed by atoms with Gasteiger partial charge in [-0.2, -0.15) is 13.2 Å². The number of aromatic nitrogens is 1. The molecular formula is C33H37F3N4O3S. The van der Waals surface area contributed by atoms with Crippen LogP contribution in [0.25, 0.3) is 6.08 Å². The van der Waals surface area contributed by atoms with E-state index in [1.807, 2.05) is 27.0 Å². The first-order chi connectivity index (χ1) is 20.8. The number of pyridine rings is 1. The van der Waals surface area contributed by atoms with Gasteiger partial charge in [0.2, 0.25) is 10.0 Å². The highest BCUT2D eigenvalue weighted by Crippen LogP contribution is 2.34. The highest BCUT2D eigenvalue weighted by molar-refractivity contribution is 7.89. The van der Waals surface area contributed by atoms with Gasteiger partial charge in [-0.15, -0.1) is 0 Å². The molecule has 1 amide bonds. The van der Waals surface area contributed by atoms with Crippen LogP contribution in [0.1, 0.15) is 69.3 Å². The van der Waals surface area contributed by atoms with Crippen molar-refractivity contribution in [3.63, 3.8) is 0 Å². The monoisotopic (exact) mass is 626 g/mol. The van der Waals surface area contributed by atoms with Gasteiger partial charge in [0.05, 0.1) is 11.3 Å². The van der Waals surface area contributed by atoms with Gasteiger partial charge in [0.1, 0.15) is 0 Å². The number of nitrogens with one attached hydrogen (secondary N) is 1. The van der Waals surface area contributed by atoms with Crippen molar-refractivity contribution in [2.45, 2.75) is 57.8 Å². The zero-order valence-electron chi connectivity index (χ0n) is 25.1. The standard InChI is InChI=1S/C33H37F3N4O3S/c1-22-19-28(20-23(2)37-22)40-16-14-27(15-17-40)39(3)32(41)26-11-10-24-12-13-31(29(24)21-26)38-44(42,43)18-6-8-25-7-4-5-9-30(25)33(34,35)36/h4-11,19-21,27,31,38H,12-18H2,1-3H3. The van der Waals surface area contributed by atoms with Crippen molar-refractivity contribution >= 4 is 27.7 Å². The fourth-order valence-corrected chi connectivity index (χ4v) is 7.32. The Morgan fingerprint density at radius 2 is 1.73 bits per heavy atom. The minimum Gasteiger partial charge on any atom is -0.371 e. The maximum absolute atomic E-state index is 13.5. The van der Waals surface area contributed by atoms with Crippen molar-refractivity contribution in [1.82, 2.24) is 14.6 Å². The molecule has 234 valence electrons. The van der Waals surface area contributed by atoms with Gasteiger partial charge >= 0.3 is 6.18 Å². The van der Waals surface area contributed by atoms with E-state index in [4.69, 9.17) is 0 Å². The summed E-state index contributed by atoms with van der Waals surface area (Å²) in [5.41, 5.74) is 4.43. The van der Waals surface area contributed by atoms with Crippen LogP contribution in [0.5, 0.6) is 0 Å². The molecule has 2 aromatic carbocycles. The lowest BCUT2D eigenvalue weighted by Gasteiger charge is -2.38. The Bertz CT molecular complexity index is 1640. The third kappa shape index (κ3) is 7.32. The maximum atomic E-state index is 13.5. The predicted octanol–water partition coefficient (Wildman–Crippen LogP) is 6.08. The van der Waals surface area contributed by atoms with E-state index < -0.39 is 33.6 Å². The molecule has 1 aliphatic carbocycles. The quantitative estimate of drug-likeness (QED) is 0.328. The number of amides is 1. The first-order valence-electron chi connectivity index (χ1n) is 14.7. The van der Waals surface area contributed by atoms with Gasteiger partial charge in [0, 0.05) is 54.9 Å². The Labute approximate surface area is 256 Å². The van der Waals surface area contributed by atoms with E-state index in [2.05, 4.69) is 26.7 Å². The number of carbonyl (C=O) groups is 1. The zero-order chi connectivity index (χ0) is 31.6. The molecule has 1 atom stereocenters. The average molecular weight is 627 g/mol. The molecule has 1 aliphatic heterocycles. The molecule has 1 unspecified atom stereocenters. The van der Waals surface area contributed by atoms with E-state index in [-0.39, 0.29) is 17.5 Å². The van der Waals surface area contributed by atoms with Crippen LogP contribution in [0.3, 0.4) is 0 Å². The number of sulfonamides is 1. The molecule has 5 rings (SSSR count). The van der Waals surface area contributed by atoms with E-state index >= 15 is 0 Å². The minimum atomic E-state index is -4.54. The van der Waals surface area contributed by atoms with Crippen LogP contribution < -0.4 is 9.62 Å². The minimum absolute atomic E-state index is 0.0830. The van der Waals surface area contributed by atoms with Crippen LogP contribution in [0, 0.1) is 13.8 Å². The topological polar surface area (TPSA) is 82.6 Å². The second-order valence-electron chi connectivity index (χ2n) is 11.6. The molecule has 11 heteroatoms. The predicted molar refractivity (Wildman–Crippen MR) is 166 cm³/mol. The van der Waals surface area contributed by atoms with Gasteiger partial charge < -0.3 is 9.80 Å². The number of benzene rings is 2. The fraction of sp³-hybridized carbons (Fsp3) is 0.394. The number of anilines is 1. The molecule has 0 bridgehead atoms.